The second kappa shape index (κ2) is 5.92. The molecule has 7 heteroatoms. The Morgan fingerprint density at radius 2 is 2.31 bits per heavy atom. The quantitative estimate of drug-likeness (QED) is 0.294. The van der Waals surface area contributed by atoms with Crippen LogP contribution in [0.5, 0.6) is 0 Å². The van der Waals surface area contributed by atoms with Crippen molar-refractivity contribution in [3.05, 3.63) is 10.1 Å². The normalized spacial score (nSPS) is 12.0. The molecular weight excluding hydrogens is 174 g/mol. The van der Waals surface area contributed by atoms with Gasteiger partial charge in [-0.1, -0.05) is 6.92 Å². The molecule has 0 rings (SSSR count). The van der Waals surface area contributed by atoms with E-state index in [1.165, 1.54) is 5.01 Å². The minimum Gasteiger partial charge on any atom is -0.363 e. The minimum absolute atomic E-state index is 0.211. The minimum atomic E-state index is -0.848. The van der Waals surface area contributed by atoms with Crippen molar-refractivity contribution in [3.8, 4) is 0 Å². The molecule has 74 valence electrons. The van der Waals surface area contributed by atoms with E-state index >= 15 is 0 Å². The summed E-state index contributed by atoms with van der Waals surface area (Å²) in [6.45, 7) is 4.12. The number of hydrogen-bond acceptors (Lipinski definition) is 3. The van der Waals surface area contributed by atoms with Crippen LogP contribution in [0.2, 0.25) is 0 Å². The summed E-state index contributed by atoms with van der Waals surface area (Å²) in [6.07, 6.45) is 2.34. The second-order valence-corrected chi connectivity index (χ2v) is 2.12. The molecule has 0 aliphatic carbocycles. The van der Waals surface area contributed by atoms with E-state index in [0.717, 1.165) is 6.42 Å². The summed E-state index contributed by atoms with van der Waals surface area (Å²) in [7, 11) is 0. The van der Waals surface area contributed by atoms with Crippen molar-refractivity contribution in [1.29, 1.82) is 0 Å². The first-order valence-electron chi connectivity index (χ1n) is 3.90. The van der Waals surface area contributed by atoms with Gasteiger partial charge in [0.1, 0.15) is 5.10 Å². The molecule has 0 unspecified atom stereocenters. The van der Waals surface area contributed by atoms with E-state index in [2.05, 4.69) is 10.2 Å². The van der Waals surface area contributed by atoms with Crippen molar-refractivity contribution in [3.63, 3.8) is 0 Å². The Labute approximate surface area is 76.0 Å². The molecular formula is C6H13N5O2. The van der Waals surface area contributed by atoms with Gasteiger partial charge in [0, 0.05) is 12.8 Å². The third-order valence-corrected chi connectivity index (χ3v) is 1.15. The lowest BCUT2D eigenvalue weighted by atomic mass is 10.5. The number of rotatable bonds is 4. The van der Waals surface area contributed by atoms with Crippen LogP contribution in [0.3, 0.4) is 0 Å². The summed E-state index contributed by atoms with van der Waals surface area (Å²) in [5.41, 5.74) is 5.29. The Bertz CT molecular complexity index is 225. The molecule has 0 saturated carbocycles. The van der Waals surface area contributed by atoms with Crippen molar-refractivity contribution < 1.29 is 5.03 Å². The van der Waals surface area contributed by atoms with Crippen LogP contribution in [0, 0.1) is 10.1 Å². The highest BCUT2D eigenvalue weighted by Gasteiger charge is 2.06. The average molecular weight is 187 g/mol. The first-order chi connectivity index (χ1) is 6.11. The molecule has 0 aromatic carbocycles. The highest BCUT2D eigenvalue weighted by Crippen LogP contribution is 1.89. The SMILES string of the molecule is CC/C=N/N(CC)/C(N)=N/[N+](=O)[O-]. The van der Waals surface area contributed by atoms with Crippen LogP contribution < -0.4 is 5.73 Å². The van der Waals surface area contributed by atoms with Gasteiger partial charge in [0.25, 0.3) is 5.96 Å². The van der Waals surface area contributed by atoms with Crippen LogP contribution in [0.4, 0.5) is 0 Å². The van der Waals surface area contributed by atoms with Gasteiger partial charge >= 0.3 is 0 Å². The van der Waals surface area contributed by atoms with E-state index in [-0.39, 0.29) is 5.96 Å². The highest BCUT2D eigenvalue weighted by atomic mass is 16.7. The van der Waals surface area contributed by atoms with Crippen molar-refractivity contribution in [2.45, 2.75) is 20.3 Å². The standard InChI is InChI=1S/C6H13N5O2/c1-3-5-8-10(4-2)6(7)9-11(12)13/h5H,3-4H2,1-2H3,(H2,7,9)/b8-5+. The molecule has 13 heavy (non-hydrogen) atoms. The fraction of sp³-hybridized carbons (Fsp3) is 0.667. The van der Waals surface area contributed by atoms with Gasteiger partial charge in [0.2, 0.25) is 0 Å². The second-order valence-electron chi connectivity index (χ2n) is 2.12. The third-order valence-electron chi connectivity index (χ3n) is 1.15. The van der Waals surface area contributed by atoms with Crippen LogP contribution in [-0.2, 0) is 0 Å². The predicted molar refractivity (Wildman–Crippen MR) is 49.8 cm³/mol. The summed E-state index contributed by atoms with van der Waals surface area (Å²) >= 11 is 0. The van der Waals surface area contributed by atoms with Crippen LogP contribution in [0.25, 0.3) is 0 Å². The molecule has 0 spiro atoms. The Balaban J connectivity index is 4.39. The Hall–Kier alpha value is -1.66. The van der Waals surface area contributed by atoms with Crippen LogP contribution in [0.15, 0.2) is 10.2 Å². The lowest BCUT2D eigenvalue weighted by Gasteiger charge is -2.11. The number of hydrogen-bond donors (Lipinski definition) is 1. The van der Waals surface area contributed by atoms with Gasteiger partial charge in [0.15, 0.2) is 5.03 Å². The zero-order valence-electron chi connectivity index (χ0n) is 7.67. The molecule has 0 saturated heterocycles. The van der Waals surface area contributed by atoms with Crippen molar-refractivity contribution in [2.75, 3.05) is 6.54 Å². The van der Waals surface area contributed by atoms with Crippen molar-refractivity contribution >= 4 is 12.2 Å². The molecule has 0 atom stereocenters. The van der Waals surface area contributed by atoms with Crippen LogP contribution in [-0.4, -0.2) is 28.8 Å². The lowest BCUT2D eigenvalue weighted by Crippen LogP contribution is -2.33. The molecule has 0 aromatic heterocycles. The van der Waals surface area contributed by atoms with E-state index in [1.54, 1.807) is 13.1 Å². The predicted octanol–water partition coefficient (Wildman–Crippen LogP) is 0.211. The summed E-state index contributed by atoms with van der Waals surface area (Å²) < 4.78 is 0. The molecule has 0 aliphatic rings. The van der Waals surface area contributed by atoms with Crippen molar-refractivity contribution in [2.24, 2.45) is 15.9 Å². The maximum Gasteiger partial charge on any atom is 0.289 e. The maximum absolute atomic E-state index is 9.96. The van der Waals surface area contributed by atoms with E-state index in [0.29, 0.717) is 6.54 Å². The van der Waals surface area contributed by atoms with Gasteiger partial charge in [-0.15, -0.1) is 0 Å². The van der Waals surface area contributed by atoms with Gasteiger partial charge in [-0.25, -0.2) is 15.1 Å². The van der Waals surface area contributed by atoms with Gasteiger partial charge in [0.05, 0.1) is 0 Å². The van der Waals surface area contributed by atoms with E-state index < -0.39 is 5.03 Å². The molecule has 7 nitrogen and oxygen atoms in total. The molecule has 0 bridgehead atoms. The largest absolute Gasteiger partial charge is 0.363 e. The summed E-state index contributed by atoms with van der Waals surface area (Å²) in [4.78, 5) is 9.96. The van der Waals surface area contributed by atoms with E-state index in [9.17, 15) is 10.1 Å². The molecule has 0 radical (unpaired) electrons. The average Bonchev–Trinajstić information content (AvgIpc) is 2.04. The summed E-state index contributed by atoms with van der Waals surface area (Å²) in [6, 6.07) is 0. The van der Waals surface area contributed by atoms with E-state index in [1.807, 2.05) is 6.92 Å². The fourth-order valence-corrected chi connectivity index (χ4v) is 0.618. The van der Waals surface area contributed by atoms with Crippen LogP contribution in [0.1, 0.15) is 20.3 Å². The Morgan fingerprint density at radius 3 is 2.69 bits per heavy atom. The van der Waals surface area contributed by atoms with Gasteiger partial charge in [-0.05, 0) is 13.3 Å². The monoisotopic (exact) mass is 187 g/mol. The topological polar surface area (TPSA) is 97.1 Å². The van der Waals surface area contributed by atoms with E-state index in [4.69, 9.17) is 5.73 Å². The lowest BCUT2D eigenvalue weighted by molar-refractivity contribution is -0.485. The Kier molecular flexibility index (Phi) is 5.17. The number of guanidine groups is 1. The van der Waals surface area contributed by atoms with Gasteiger partial charge in [-0.3, -0.25) is 0 Å². The molecule has 0 aliphatic heterocycles. The zero-order valence-corrected chi connectivity index (χ0v) is 7.67. The zero-order chi connectivity index (χ0) is 10.3. The van der Waals surface area contributed by atoms with Gasteiger partial charge < -0.3 is 5.73 Å². The molecule has 0 amide bonds. The fourth-order valence-electron chi connectivity index (χ4n) is 0.618. The number of nitrogens with two attached hydrogens (primary N) is 1. The molecule has 0 fully saturated rings. The smallest absolute Gasteiger partial charge is 0.289 e. The molecule has 2 N–H and O–H groups in total. The first-order valence-corrected chi connectivity index (χ1v) is 3.90. The third kappa shape index (κ3) is 4.72. The maximum atomic E-state index is 9.96. The number of nitrogens with zero attached hydrogens (tertiary/aromatic N) is 4. The first kappa shape index (κ1) is 11.3. The summed E-state index contributed by atoms with van der Waals surface area (Å²) in [5.74, 6) is -0.211. The number of hydrazone groups is 2. The molecule has 0 heterocycles. The van der Waals surface area contributed by atoms with Crippen LogP contribution >= 0.6 is 0 Å². The van der Waals surface area contributed by atoms with Gasteiger partial charge in [-0.2, -0.15) is 5.10 Å². The van der Waals surface area contributed by atoms with Crippen molar-refractivity contribution in [1.82, 2.24) is 5.01 Å². The summed E-state index contributed by atoms with van der Waals surface area (Å²) in [5, 5.41) is 17.2. The highest BCUT2D eigenvalue weighted by molar-refractivity contribution is 5.78. The number of nitro groups is 1. The Morgan fingerprint density at radius 1 is 1.69 bits per heavy atom. The molecule has 0 aromatic rings.